The summed E-state index contributed by atoms with van der Waals surface area (Å²) in [7, 11) is 0. The highest BCUT2D eigenvalue weighted by molar-refractivity contribution is 7.80. The maximum Gasteiger partial charge on any atom is 0.322 e. The van der Waals surface area contributed by atoms with Gasteiger partial charge in [0, 0.05) is 12.2 Å². The maximum atomic E-state index is 12.7. The molecule has 0 aliphatic carbocycles. The fraction of sp³-hybridized carbons (Fsp3) is 0.389. The summed E-state index contributed by atoms with van der Waals surface area (Å²) in [5, 5.41) is 25.0. The molecule has 0 spiro atoms. The van der Waals surface area contributed by atoms with E-state index in [1.165, 1.54) is 24.3 Å². The minimum absolute atomic E-state index is 0.00979. The van der Waals surface area contributed by atoms with Crippen LogP contribution in [0.3, 0.4) is 0 Å². The zero-order chi connectivity index (χ0) is 23.6. The smallest absolute Gasteiger partial charge is 0.322 e. The largest absolute Gasteiger partial charge is 0.508 e. The highest BCUT2D eigenvalue weighted by atomic mass is 32.1. The van der Waals surface area contributed by atoms with E-state index >= 15 is 0 Å². The van der Waals surface area contributed by atoms with Crippen LogP contribution in [0, 0.1) is 0 Å². The molecule has 0 aliphatic rings. The Labute approximate surface area is 183 Å². The van der Waals surface area contributed by atoms with Gasteiger partial charge in [0.05, 0.1) is 12.5 Å². The Balaban J connectivity index is 3.02. The van der Waals surface area contributed by atoms with Crippen LogP contribution in [0.15, 0.2) is 24.3 Å². The highest BCUT2D eigenvalue weighted by Gasteiger charge is 2.29. The van der Waals surface area contributed by atoms with Crippen LogP contribution in [-0.4, -0.2) is 70.2 Å². The van der Waals surface area contributed by atoms with Crippen molar-refractivity contribution in [2.45, 2.75) is 31.0 Å². The van der Waals surface area contributed by atoms with Gasteiger partial charge in [-0.1, -0.05) is 12.1 Å². The van der Waals surface area contributed by atoms with Gasteiger partial charge in [-0.2, -0.15) is 12.6 Å². The molecular weight excluding hydrogens is 430 g/mol. The van der Waals surface area contributed by atoms with Crippen molar-refractivity contribution in [2.75, 3.05) is 12.3 Å². The number of carbonyl (C=O) groups is 5. The molecule has 0 aromatic heterocycles. The topological polar surface area (TPSA) is 214 Å². The number of nitrogens with one attached hydrogen (secondary N) is 3. The highest BCUT2D eigenvalue weighted by Crippen LogP contribution is 2.12. The average Bonchev–Trinajstić information content (AvgIpc) is 2.71. The van der Waals surface area contributed by atoms with Gasteiger partial charge in [0.2, 0.25) is 23.6 Å². The first-order valence-corrected chi connectivity index (χ1v) is 9.69. The number of phenols is 1. The standard InChI is InChI=1S/C18H25N5O7S/c19-11(8-31)16(28)22-13(6-14(20)25)18(30)23-12(17(29)21-7-15(26)27)5-9-1-3-10(24)4-2-9/h1-4,11-13,24,31H,5-8,19H2,(H2,20,25)(H,21,29)(H,22,28)(H,23,30)(H,26,27). The van der Waals surface area contributed by atoms with E-state index < -0.39 is 60.7 Å². The van der Waals surface area contributed by atoms with Gasteiger partial charge in [-0.05, 0) is 17.7 Å². The Bertz CT molecular complexity index is 818. The van der Waals surface area contributed by atoms with Crippen molar-refractivity contribution in [2.24, 2.45) is 11.5 Å². The molecule has 1 aromatic rings. The first kappa shape index (κ1) is 25.7. The number of hydrogen-bond acceptors (Lipinski definition) is 8. The normalized spacial score (nSPS) is 13.4. The lowest BCUT2D eigenvalue weighted by Gasteiger charge is -2.23. The number of carbonyl (C=O) groups excluding carboxylic acids is 4. The maximum absolute atomic E-state index is 12.7. The van der Waals surface area contributed by atoms with E-state index in [4.69, 9.17) is 16.6 Å². The van der Waals surface area contributed by atoms with Gasteiger partial charge in [0.15, 0.2) is 0 Å². The molecule has 31 heavy (non-hydrogen) atoms. The molecular formula is C18H25N5O7S. The number of benzene rings is 1. The average molecular weight is 455 g/mol. The predicted molar refractivity (Wildman–Crippen MR) is 112 cm³/mol. The minimum Gasteiger partial charge on any atom is -0.508 e. The first-order chi connectivity index (χ1) is 14.5. The second kappa shape index (κ2) is 12.4. The number of aromatic hydroxyl groups is 1. The van der Waals surface area contributed by atoms with E-state index in [9.17, 15) is 29.1 Å². The number of rotatable bonds is 12. The number of primary amides is 1. The summed E-state index contributed by atoms with van der Waals surface area (Å²) in [5.41, 5.74) is 11.2. The van der Waals surface area contributed by atoms with E-state index in [1.807, 2.05) is 0 Å². The van der Waals surface area contributed by atoms with Gasteiger partial charge in [-0.3, -0.25) is 24.0 Å². The molecule has 3 atom stereocenters. The number of carboxylic acids is 1. The van der Waals surface area contributed by atoms with Crippen LogP contribution in [-0.2, 0) is 30.4 Å². The molecule has 0 radical (unpaired) electrons. The Morgan fingerprint density at radius 1 is 0.968 bits per heavy atom. The van der Waals surface area contributed by atoms with E-state index in [0.29, 0.717) is 5.56 Å². The molecule has 0 saturated carbocycles. The summed E-state index contributed by atoms with van der Waals surface area (Å²) in [5.74, 6) is -4.65. The quantitative estimate of drug-likeness (QED) is 0.154. The van der Waals surface area contributed by atoms with Crippen molar-refractivity contribution in [1.29, 1.82) is 0 Å². The van der Waals surface area contributed by atoms with Crippen molar-refractivity contribution in [3.05, 3.63) is 29.8 Å². The lowest BCUT2D eigenvalue weighted by Crippen LogP contribution is -2.57. The van der Waals surface area contributed by atoms with Crippen LogP contribution < -0.4 is 27.4 Å². The molecule has 9 N–H and O–H groups in total. The summed E-state index contributed by atoms with van der Waals surface area (Å²) in [6.45, 7) is -0.682. The number of nitrogens with two attached hydrogens (primary N) is 2. The molecule has 3 unspecified atom stereocenters. The third-order valence-electron chi connectivity index (χ3n) is 3.99. The minimum atomic E-state index is -1.41. The van der Waals surface area contributed by atoms with Gasteiger partial charge in [-0.25, -0.2) is 0 Å². The van der Waals surface area contributed by atoms with Crippen molar-refractivity contribution in [3.8, 4) is 5.75 Å². The summed E-state index contributed by atoms with van der Waals surface area (Å²) in [4.78, 5) is 59.2. The van der Waals surface area contributed by atoms with Crippen molar-refractivity contribution < 1.29 is 34.2 Å². The molecule has 0 fully saturated rings. The van der Waals surface area contributed by atoms with Gasteiger partial charge in [0.25, 0.3) is 0 Å². The van der Waals surface area contributed by atoms with Gasteiger partial charge < -0.3 is 37.6 Å². The van der Waals surface area contributed by atoms with Crippen LogP contribution in [0.1, 0.15) is 12.0 Å². The third kappa shape index (κ3) is 9.35. The van der Waals surface area contributed by atoms with Crippen molar-refractivity contribution in [3.63, 3.8) is 0 Å². The van der Waals surface area contributed by atoms with Crippen LogP contribution in [0.2, 0.25) is 0 Å². The van der Waals surface area contributed by atoms with Gasteiger partial charge in [-0.15, -0.1) is 0 Å². The molecule has 13 heteroatoms. The molecule has 1 rings (SSSR count). The lowest BCUT2D eigenvalue weighted by atomic mass is 10.0. The SMILES string of the molecule is NC(=O)CC(NC(=O)C(N)CS)C(=O)NC(Cc1ccc(O)cc1)C(=O)NCC(=O)O. The molecule has 4 amide bonds. The summed E-state index contributed by atoms with van der Waals surface area (Å²) in [6, 6.07) is 2.06. The number of thiol groups is 1. The number of phenolic OH excluding ortho intramolecular Hbond substituents is 1. The second-order valence-electron chi connectivity index (χ2n) is 6.56. The Morgan fingerprint density at radius 2 is 1.55 bits per heavy atom. The molecule has 0 bridgehead atoms. The van der Waals surface area contributed by atoms with E-state index in [2.05, 4.69) is 28.6 Å². The monoisotopic (exact) mass is 455 g/mol. The summed E-state index contributed by atoms with van der Waals surface area (Å²) < 4.78 is 0. The Hall–Kier alpha value is -3.32. The number of aliphatic carboxylic acids is 1. The van der Waals surface area contributed by atoms with E-state index in [0.717, 1.165) is 0 Å². The molecule has 0 aliphatic heterocycles. The number of carboxylic acid groups (broad SMARTS) is 1. The zero-order valence-electron chi connectivity index (χ0n) is 16.4. The van der Waals surface area contributed by atoms with Crippen LogP contribution in [0.4, 0.5) is 0 Å². The summed E-state index contributed by atoms with van der Waals surface area (Å²) in [6.07, 6.45) is -0.621. The van der Waals surface area contributed by atoms with Crippen molar-refractivity contribution in [1.82, 2.24) is 16.0 Å². The molecule has 170 valence electrons. The van der Waals surface area contributed by atoms with Crippen LogP contribution in [0.25, 0.3) is 0 Å². The zero-order valence-corrected chi connectivity index (χ0v) is 17.3. The second-order valence-corrected chi connectivity index (χ2v) is 6.93. The Kier molecular flexibility index (Phi) is 10.3. The molecule has 0 saturated heterocycles. The third-order valence-corrected chi connectivity index (χ3v) is 4.39. The molecule has 12 nitrogen and oxygen atoms in total. The van der Waals surface area contributed by atoms with E-state index in [-0.39, 0.29) is 17.9 Å². The van der Waals surface area contributed by atoms with E-state index in [1.54, 1.807) is 0 Å². The fourth-order valence-corrected chi connectivity index (χ4v) is 2.57. The number of amides is 4. The van der Waals surface area contributed by atoms with Gasteiger partial charge >= 0.3 is 5.97 Å². The number of hydrogen-bond donors (Lipinski definition) is 8. The Morgan fingerprint density at radius 3 is 2.06 bits per heavy atom. The lowest BCUT2D eigenvalue weighted by molar-refractivity contribution is -0.138. The summed E-state index contributed by atoms with van der Waals surface area (Å²) >= 11 is 3.89. The molecule has 1 aromatic carbocycles. The van der Waals surface area contributed by atoms with Gasteiger partial charge in [0.1, 0.15) is 24.4 Å². The van der Waals surface area contributed by atoms with Crippen molar-refractivity contribution >= 4 is 42.2 Å². The molecule has 0 heterocycles. The van der Waals surface area contributed by atoms with Crippen LogP contribution in [0.5, 0.6) is 5.75 Å². The first-order valence-electron chi connectivity index (χ1n) is 9.06. The van der Waals surface area contributed by atoms with Crippen LogP contribution >= 0.6 is 12.6 Å². The fourth-order valence-electron chi connectivity index (χ4n) is 2.41. The predicted octanol–water partition coefficient (Wildman–Crippen LogP) is -2.76.